The molecule has 1 aromatic heterocycles. The van der Waals surface area contributed by atoms with Crippen molar-refractivity contribution in [2.24, 2.45) is 0 Å². The van der Waals surface area contributed by atoms with Crippen LogP contribution in [0.3, 0.4) is 0 Å². The number of esters is 2. The molecule has 1 fully saturated rings. The van der Waals surface area contributed by atoms with E-state index in [4.69, 9.17) is 31.5 Å². The van der Waals surface area contributed by atoms with Crippen LogP contribution >= 0.6 is 11.6 Å². The third-order valence-corrected chi connectivity index (χ3v) is 3.59. The molecule has 1 saturated heterocycles. The quantitative estimate of drug-likeness (QED) is 0.754. The monoisotopic (exact) mass is 371 g/mol. The predicted octanol–water partition coefficient (Wildman–Crippen LogP) is 0.817. The lowest BCUT2D eigenvalue weighted by Gasteiger charge is -2.21. The molecule has 0 aromatic carbocycles. The van der Waals surface area contributed by atoms with Crippen LogP contribution < -0.4 is 11.4 Å². The number of halogens is 1. The van der Waals surface area contributed by atoms with Crippen molar-refractivity contribution in [3.63, 3.8) is 0 Å². The molecule has 0 amide bonds. The molecule has 0 bridgehead atoms. The van der Waals surface area contributed by atoms with Gasteiger partial charge in [0, 0.05) is 37.6 Å². The average molecular weight is 372 g/mol. The first-order valence-electron chi connectivity index (χ1n) is 7.43. The lowest BCUT2D eigenvalue weighted by atomic mass is 10.2. The fourth-order valence-corrected chi connectivity index (χ4v) is 2.61. The van der Waals surface area contributed by atoms with Gasteiger partial charge in [0.1, 0.15) is 18.5 Å². The summed E-state index contributed by atoms with van der Waals surface area (Å²) in [6.45, 7) is 2.51. The number of carbonyl (C=O) groups excluding carboxylic acids is 2. The number of anilines is 1. The molecular weight excluding hydrogens is 354 g/mol. The SMILES string of the molecule is CC(=O)OC[C@@H]1C[C@@H](OC(C)=O)[C@H](n2cc(C=CCl)c(N)nc2=O)O1. The number of rotatable bonds is 5. The first-order valence-corrected chi connectivity index (χ1v) is 7.87. The molecule has 10 heteroatoms. The number of ether oxygens (including phenoxy) is 3. The Morgan fingerprint density at radius 1 is 1.48 bits per heavy atom. The number of nitrogens with zero attached hydrogens (tertiary/aromatic N) is 2. The molecule has 0 radical (unpaired) electrons. The minimum Gasteiger partial charge on any atom is -0.463 e. The zero-order valence-electron chi connectivity index (χ0n) is 13.7. The van der Waals surface area contributed by atoms with Crippen LogP contribution in [0.15, 0.2) is 16.5 Å². The summed E-state index contributed by atoms with van der Waals surface area (Å²) < 4.78 is 17.1. The maximum absolute atomic E-state index is 12.2. The fourth-order valence-electron chi connectivity index (χ4n) is 2.47. The summed E-state index contributed by atoms with van der Waals surface area (Å²) in [6, 6.07) is 0. The highest BCUT2D eigenvalue weighted by Gasteiger charge is 2.40. The van der Waals surface area contributed by atoms with Crippen molar-refractivity contribution in [2.75, 3.05) is 12.3 Å². The second kappa shape index (κ2) is 8.13. The molecule has 0 aliphatic carbocycles. The van der Waals surface area contributed by atoms with Crippen molar-refractivity contribution in [2.45, 2.75) is 38.7 Å². The normalized spacial score (nSPS) is 22.9. The van der Waals surface area contributed by atoms with Crippen LogP contribution in [0.2, 0.25) is 0 Å². The Hall–Kier alpha value is -2.39. The number of nitrogens with two attached hydrogens (primary N) is 1. The Labute approximate surface area is 148 Å². The molecule has 1 aromatic rings. The van der Waals surface area contributed by atoms with Gasteiger partial charge in [-0.1, -0.05) is 11.6 Å². The van der Waals surface area contributed by atoms with E-state index in [0.29, 0.717) is 5.56 Å². The molecule has 0 saturated carbocycles. The van der Waals surface area contributed by atoms with Crippen molar-refractivity contribution in [3.8, 4) is 0 Å². The Balaban J connectivity index is 2.33. The van der Waals surface area contributed by atoms with Gasteiger partial charge in [-0.15, -0.1) is 0 Å². The van der Waals surface area contributed by atoms with Crippen LogP contribution in [-0.2, 0) is 23.8 Å². The van der Waals surface area contributed by atoms with E-state index in [9.17, 15) is 14.4 Å². The lowest BCUT2D eigenvalue weighted by molar-refractivity contribution is -0.153. The summed E-state index contributed by atoms with van der Waals surface area (Å²) in [7, 11) is 0. The number of hydrogen-bond donors (Lipinski definition) is 1. The largest absolute Gasteiger partial charge is 0.463 e. The van der Waals surface area contributed by atoms with Crippen LogP contribution in [-0.4, -0.2) is 40.3 Å². The van der Waals surface area contributed by atoms with Gasteiger partial charge in [-0.2, -0.15) is 4.98 Å². The maximum atomic E-state index is 12.2. The van der Waals surface area contributed by atoms with Gasteiger partial charge in [-0.3, -0.25) is 14.2 Å². The summed E-state index contributed by atoms with van der Waals surface area (Å²) in [5.74, 6) is -0.974. The number of aromatic nitrogens is 2. The Morgan fingerprint density at radius 2 is 2.20 bits per heavy atom. The molecule has 2 rings (SSSR count). The van der Waals surface area contributed by atoms with E-state index >= 15 is 0 Å². The molecule has 3 atom stereocenters. The standard InChI is InChI=1S/C15H18ClN3O6/c1-8(20)23-7-11-5-12(24-9(2)21)14(25-11)19-6-10(3-4-16)13(17)18-15(19)22/h3-4,6,11-12,14H,5,7H2,1-2H3,(H2,17,18,22)/t11-,12+,14+/m0/s1. The highest BCUT2D eigenvalue weighted by Crippen LogP contribution is 2.31. The van der Waals surface area contributed by atoms with Crippen LogP contribution in [0, 0.1) is 0 Å². The van der Waals surface area contributed by atoms with Crippen LogP contribution in [0.4, 0.5) is 5.82 Å². The Morgan fingerprint density at radius 3 is 2.80 bits per heavy atom. The van der Waals surface area contributed by atoms with Gasteiger partial charge in [-0.05, 0) is 6.08 Å². The van der Waals surface area contributed by atoms with E-state index in [2.05, 4.69) is 4.98 Å². The van der Waals surface area contributed by atoms with E-state index in [1.54, 1.807) is 0 Å². The van der Waals surface area contributed by atoms with Gasteiger partial charge >= 0.3 is 17.6 Å². The minimum atomic E-state index is -0.924. The van der Waals surface area contributed by atoms with Gasteiger partial charge in [0.25, 0.3) is 0 Å². The van der Waals surface area contributed by atoms with Crippen LogP contribution in [0.1, 0.15) is 32.1 Å². The second-order valence-electron chi connectivity index (χ2n) is 5.40. The third kappa shape index (κ3) is 4.80. The van der Waals surface area contributed by atoms with Gasteiger partial charge in [0.05, 0.1) is 6.10 Å². The molecular formula is C15H18ClN3O6. The lowest BCUT2D eigenvalue weighted by Crippen LogP contribution is -2.34. The van der Waals surface area contributed by atoms with E-state index in [0.717, 1.165) is 0 Å². The van der Waals surface area contributed by atoms with Gasteiger partial charge in [0.15, 0.2) is 6.23 Å². The van der Waals surface area contributed by atoms with E-state index in [-0.39, 0.29) is 18.8 Å². The topological polar surface area (TPSA) is 123 Å². The summed E-state index contributed by atoms with van der Waals surface area (Å²) in [5.41, 5.74) is 6.65. The molecule has 2 heterocycles. The zero-order chi connectivity index (χ0) is 18.6. The van der Waals surface area contributed by atoms with Gasteiger partial charge in [-0.25, -0.2) is 4.79 Å². The summed E-state index contributed by atoms with van der Waals surface area (Å²) in [6.07, 6.45) is 0.941. The number of carbonyl (C=O) groups is 2. The minimum absolute atomic E-state index is 0.0108. The summed E-state index contributed by atoms with van der Waals surface area (Å²) in [4.78, 5) is 38.2. The summed E-state index contributed by atoms with van der Waals surface area (Å²) >= 11 is 5.55. The van der Waals surface area contributed by atoms with E-state index < -0.39 is 36.1 Å². The molecule has 9 nitrogen and oxygen atoms in total. The highest BCUT2D eigenvalue weighted by atomic mass is 35.5. The van der Waals surface area contributed by atoms with Crippen molar-refractivity contribution in [1.82, 2.24) is 9.55 Å². The molecule has 1 aliphatic heterocycles. The summed E-state index contributed by atoms with van der Waals surface area (Å²) in [5, 5.41) is 0. The molecule has 136 valence electrons. The second-order valence-corrected chi connectivity index (χ2v) is 5.65. The number of hydrogen-bond acceptors (Lipinski definition) is 8. The smallest absolute Gasteiger partial charge is 0.351 e. The third-order valence-electron chi connectivity index (χ3n) is 3.46. The predicted molar refractivity (Wildman–Crippen MR) is 88.5 cm³/mol. The van der Waals surface area contributed by atoms with Crippen molar-refractivity contribution >= 4 is 35.4 Å². The van der Waals surface area contributed by atoms with Crippen molar-refractivity contribution < 1.29 is 23.8 Å². The number of nitrogen functional groups attached to an aromatic ring is 1. The van der Waals surface area contributed by atoms with Crippen molar-refractivity contribution in [3.05, 3.63) is 27.8 Å². The van der Waals surface area contributed by atoms with Gasteiger partial charge in [0.2, 0.25) is 0 Å². The first kappa shape index (κ1) is 18.9. The van der Waals surface area contributed by atoms with E-state index in [1.807, 2.05) is 0 Å². The Kier molecular flexibility index (Phi) is 6.16. The van der Waals surface area contributed by atoms with Gasteiger partial charge < -0.3 is 19.9 Å². The zero-order valence-corrected chi connectivity index (χ0v) is 14.4. The molecule has 2 N–H and O–H groups in total. The molecule has 1 aliphatic rings. The average Bonchev–Trinajstić information content (AvgIpc) is 2.90. The van der Waals surface area contributed by atoms with E-state index in [1.165, 1.54) is 36.2 Å². The Bertz CT molecular complexity index is 747. The fraction of sp³-hybridized carbons (Fsp3) is 0.467. The van der Waals surface area contributed by atoms with Crippen molar-refractivity contribution in [1.29, 1.82) is 0 Å². The maximum Gasteiger partial charge on any atom is 0.351 e. The molecule has 0 spiro atoms. The van der Waals surface area contributed by atoms with Crippen LogP contribution in [0.25, 0.3) is 6.08 Å². The van der Waals surface area contributed by atoms with Crippen LogP contribution in [0.5, 0.6) is 0 Å². The molecule has 25 heavy (non-hydrogen) atoms. The molecule has 0 unspecified atom stereocenters. The highest BCUT2D eigenvalue weighted by molar-refractivity contribution is 6.27. The first-order chi connectivity index (χ1) is 11.8.